The van der Waals surface area contributed by atoms with Crippen molar-refractivity contribution in [2.24, 2.45) is 5.73 Å². The van der Waals surface area contributed by atoms with E-state index in [9.17, 15) is 0 Å². The summed E-state index contributed by atoms with van der Waals surface area (Å²) in [7, 11) is 3.70. The minimum absolute atomic E-state index is 0.0196. The molecule has 0 aliphatic rings. The molecule has 1 heterocycles. The lowest BCUT2D eigenvalue weighted by Crippen LogP contribution is -2.18. The van der Waals surface area contributed by atoms with E-state index in [2.05, 4.69) is 22.0 Å². The fraction of sp³-hybridized carbons (Fsp3) is 0.312. The Labute approximate surface area is 120 Å². The van der Waals surface area contributed by atoms with Gasteiger partial charge in [-0.25, -0.2) is 4.98 Å². The van der Waals surface area contributed by atoms with E-state index in [0.29, 0.717) is 0 Å². The third-order valence-electron chi connectivity index (χ3n) is 3.27. The van der Waals surface area contributed by atoms with Gasteiger partial charge in [-0.1, -0.05) is 12.1 Å². The highest BCUT2D eigenvalue weighted by atomic mass is 16.5. The van der Waals surface area contributed by atoms with Gasteiger partial charge in [0.05, 0.1) is 7.11 Å². The average Bonchev–Trinajstić information content (AvgIpc) is 2.48. The molecule has 1 aromatic heterocycles. The first-order chi connectivity index (χ1) is 9.60. The predicted molar refractivity (Wildman–Crippen MR) is 81.9 cm³/mol. The number of benzene rings is 1. The normalized spacial score (nSPS) is 12.0. The van der Waals surface area contributed by atoms with Gasteiger partial charge in [-0.3, -0.25) is 0 Å². The fourth-order valence-corrected chi connectivity index (χ4v) is 2.01. The van der Waals surface area contributed by atoms with Crippen LogP contribution in [-0.4, -0.2) is 19.1 Å². The first-order valence-electron chi connectivity index (χ1n) is 6.65. The highest BCUT2D eigenvalue weighted by Gasteiger charge is 2.06. The highest BCUT2D eigenvalue weighted by Crippen LogP contribution is 2.18. The standard InChI is InChI=1S/C16H21N3O/c1-12(17)14-8-9-18-16(10-14)19(2)11-13-4-6-15(20-3)7-5-13/h4-10,12H,11,17H2,1-3H3/t12-/m0/s1. The van der Waals surface area contributed by atoms with E-state index in [4.69, 9.17) is 10.5 Å². The van der Waals surface area contributed by atoms with Crippen molar-refractivity contribution in [1.82, 2.24) is 4.98 Å². The zero-order valence-corrected chi connectivity index (χ0v) is 12.2. The molecule has 0 unspecified atom stereocenters. The summed E-state index contributed by atoms with van der Waals surface area (Å²) in [6.07, 6.45) is 1.80. The summed E-state index contributed by atoms with van der Waals surface area (Å²) in [5, 5.41) is 0. The maximum atomic E-state index is 5.91. The van der Waals surface area contributed by atoms with Crippen molar-refractivity contribution in [3.63, 3.8) is 0 Å². The first-order valence-corrected chi connectivity index (χ1v) is 6.65. The van der Waals surface area contributed by atoms with Gasteiger partial charge >= 0.3 is 0 Å². The molecule has 0 saturated heterocycles. The van der Waals surface area contributed by atoms with Crippen molar-refractivity contribution in [3.8, 4) is 5.75 Å². The van der Waals surface area contributed by atoms with E-state index >= 15 is 0 Å². The molecule has 0 aliphatic carbocycles. The van der Waals surface area contributed by atoms with Crippen LogP contribution in [0.2, 0.25) is 0 Å². The molecule has 1 atom stereocenters. The van der Waals surface area contributed by atoms with Crippen LogP contribution < -0.4 is 15.4 Å². The molecule has 4 heteroatoms. The molecule has 0 aliphatic heterocycles. The molecule has 1 aromatic carbocycles. The Hall–Kier alpha value is -2.07. The van der Waals surface area contributed by atoms with Gasteiger partial charge in [0, 0.05) is 25.8 Å². The molecule has 2 N–H and O–H groups in total. The summed E-state index contributed by atoms with van der Waals surface area (Å²) < 4.78 is 5.16. The average molecular weight is 271 g/mol. The predicted octanol–water partition coefficient (Wildman–Crippen LogP) is 2.75. The maximum Gasteiger partial charge on any atom is 0.128 e. The Morgan fingerprint density at radius 2 is 1.95 bits per heavy atom. The van der Waals surface area contributed by atoms with Gasteiger partial charge in [0.15, 0.2) is 0 Å². The monoisotopic (exact) mass is 271 g/mol. The molecular formula is C16H21N3O. The smallest absolute Gasteiger partial charge is 0.128 e. The topological polar surface area (TPSA) is 51.4 Å². The number of pyridine rings is 1. The maximum absolute atomic E-state index is 5.91. The van der Waals surface area contributed by atoms with Crippen molar-refractivity contribution in [3.05, 3.63) is 53.7 Å². The Morgan fingerprint density at radius 3 is 2.55 bits per heavy atom. The minimum Gasteiger partial charge on any atom is -0.497 e. The summed E-state index contributed by atoms with van der Waals surface area (Å²) in [4.78, 5) is 6.50. The zero-order chi connectivity index (χ0) is 14.5. The Balaban J connectivity index is 2.10. The van der Waals surface area contributed by atoms with E-state index in [1.54, 1.807) is 13.3 Å². The van der Waals surface area contributed by atoms with Crippen molar-refractivity contribution >= 4 is 5.82 Å². The van der Waals surface area contributed by atoms with Gasteiger partial charge in [-0.15, -0.1) is 0 Å². The number of rotatable bonds is 5. The number of nitrogens with two attached hydrogens (primary N) is 1. The molecule has 0 fully saturated rings. The minimum atomic E-state index is 0.0196. The third kappa shape index (κ3) is 3.48. The molecule has 106 valence electrons. The molecule has 0 bridgehead atoms. The molecule has 2 rings (SSSR count). The van der Waals surface area contributed by atoms with Gasteiger partial charge in [-0.2, -0.15) is 0 Å². The third-order valence-corrected chi connectivity index (χ3v) is 3.27. The summed E-state index contributed by atoms with van der Waals surface area (Å²) >= 11 is 0. The molecule has 4 nitrogen and oxygen atoms in total. The number of methoxy groups -OCH3 is 1. The number of aromatic nitrogens is 1. The Kier molecular flexibility index (Phi) is 4.58. The quantitative estimate of drug-likeness (QED) is 0.908. The van der Waals surface area contributed by atoms with Crippen LogP contribution in [0.15, 0.2) is 42.6 Å². The van der Waals surface area contributed by atoms with Crippen molar-refractivity contribution in [1.29, 1.82) is 0 Å². The van der Waals surface area contributed by atoms with Crippen molar-refractivity contribution in [2.45, 2.75) is 19.5 Å². The van der Waals surface area contributed by atoms with Crippen LogP contribution in [0.4, 0.5) is 5.82 Å². The summed E-state index contributed by atoms with van der Waals surface area (Å²) in [6.45, 7) is 2.77. The number of nitrogens with zero attached hydrogens (tertiary/aromatic N) is 2. The van der Waals surface area contributed by atoms with Crippen LogP contribution in [-0.2, 0) is 6.54 Å². The van der Waals surface area contributed by atoms with Gasteiger partial charge < -0.3 is 15.4 Å². The lowest BCUT2D eigenvalue weighted by atomic mass is 10.1. The fourth-order valence-electron chi connectivity index (χ4n) is 2.01. The number of ether oxygens (including phenoxy) is 1. The number of hydrogen-bond acceptors (Lipinski definition) is 4. The van der Waals surface area contributed by atoms with Crippen LogP contribution in [0, 0.1) is 0 Å². The van der Waals surface area contributed by atoms with E-state index in [1.807, 2.05) is 38.2 Å². The van der Waals surface area contributed by atoms with Crippen molar-refractivity contribution < 1.29 is 4.74 Å². The molecule has 2 aromatic rings. The van der Waals surface area contributed by atoms with Crippen LogP contribution in [0.1, 0.15) is 24.1 Å². The first kappa shape index (κ1) is 14.3. The molecule has 0 radical (unpaired) electrons. The van der Waals surface area contributed by atoms with Crippen LogP contribution in [0.3, 0.4) is 0 Å². The Morgan fingerprint density at radius 1 is 1.25 bits per heavy atom. The van der Waals surface area contributed by atoms with E-state index in [1.165, 1.54) is 5.56 Å². The molecule has 0 amide bonds. The second kappa shape index (κ2) is 6.39. The molecule has 0 saturated carbocycles. The van der Waals surface area contributed by atoms with Gasteiger partial charge in [0.1, 0.15) is 11.6 Å². The Bertz CT molecular complexity index is 552. The van der Waals surface area contributed by atoms with Gasteiger partial charge in [0.2, 0.25) is 0 Å². The second-order valence-electron chi connectivity index (χ2n) is 4.94. The van der Waals surface area contributed by atoms with Crippen molar-refractivity contribution in [2.75, 3.05) is 19.1 Å². The summed E-state index contributed by atoms with van der Waals surface area (Å²) in [5.74, 6) is 1.80. The van der Waals surface area contributed by atoms with Gasteiger partial charge in [0.25, 0.3) is 0 Å². The highest BCUT2D eigenvalue weighted by molar-refractivity contribution is 5.42. The van der Waals surface area contributed by atoms with Crippen LogP contribution in [0.25, 0.3) is 0 Å². The second-order valence-corrected chi connectivity index (χ2v) is 4.94. The summed E-state index contributed by atoms with van der Waals surface area (Å²) in [6, 6.07) is 12.1. The van der Waals surface area contributed by atoms with E-state index in [0.717, 1.165) is 23.7 Å². The zero-order valence-electron chi connectivity index (χ0n) is 12.2. The van der Waals surface area contributed by atoms with Crippen LogP contribution in [0.5, 0.6) is 5.75 Å². The van der Waals surface area contributed by atoms with Gasteiger partial charge in [-0.05, 0) is 42.3 Å². The lowest BCUT2D eigenvalue weighted by Gasteiger charge is -2.19. The number of anilines is 1. The largest absolute Gasteiger partial charge is 0.497 e. The summed E-state index contributed by atoms with van der Waals surface area (Å²) in [5.41, 5.74) is 8.21. The molecule has 0 spiro atoms. The molecule has 20 heavy (non-hydrogen) atoms. The van der Waals surface area contributed by atoms with E-state index in [-0.39, 0.29) is 6.04 Å². The SMILES string of the molecule is COc1ccc(CN(C)c2cc([C@H](C)N)ccn2)cc1. The number of hydrogen-bond donors (Lipinski definition) is 1. The lowest BCUT2D eigenvalue weighted by molar-refractivity contribution is 0.414. The molecular weight excluding hydrogens is 250 g/mol. The van der Waals surface area contributed by atoms with E-state index < -0.39 is 0 Å². The van der Waals surface area contributed by atoms with Crippen LogP contribution >= 0.6 is 0 Å².